The van der Waals surface area contributed by atoms with Crippen LogP contribution in [0.2, 0.25) is 0 Å². The SMILES string of the molecule is CC.CC(C)(C)N1CCCC1.CN1CCN(C(C)(C)C)CC1.CN1CCN(C(C)(C)C)CC1=O. The zero-order valence-corrected chi connectivity index (χ0v) is 25.4. The van der Waals surface area contributed by atoms with Crippen molar-refractivity contribution in [2.75, 3.05) is 73.0 Å². The van der Waals surface area contributed by atoms with Crippen LogP contribution in [0.1, 0.15) is 89.0 Å². The Morgan fingerprint density at radius 1 is 0.529 bits per heavy atom. The lowest BCUT2D eigenvalue weighted by Crippen LogP contribution is -2.55. The fourth-order valence-electron chi connectivity index (χ4n) is 4.20. The molecule has 3 fully saturated rings. The van der Waals surface area contributed by atoms with Crippen LogP contribution in [0.25, 0.3) is 0 Å². The Morgan fingerprint density at radius 3 is 1.21 bits per heavy atom. The predicted molar refractivity (Wildman–Crippen MR) is 150 cm³/mol. The third-order valence-electron chi connectivity index (χ3n) is 6.91. The molecule has 0 aromatic rings. The lowest BCUT2D eigenvalue weighted by molar-refractivity contribution is -0.136. The number of likely N-dealkylation sites (N-methyl/N-ethyl adjacent to an activating group) is 2. The Labute approximate surface area is 214 Å². The molecule has 3 aliphatic heterocycles. The minimum atomic E-state index is 0.122. The Kier molecular flexibility index (Phi) is 14.5. The second kappa shape index (κ2) is 14.8. The zero-order valence-electron chi connectivity index (χ0n) is 25.4. The average Bonchev–Trinajstić information content (AvgIpc) is 3.27. The Balaban J connectivity index is 0.000000467. The molecule has 0 aliphatic carbocycles. The van der Waals surface area contributed by atoms with Crippen LogP contribution in [0.15, 0.2) is 0 Å². The maximum atomic E-state index is 11.3. The van der Waals surface area contributed by atoms with E-state index in [1.165, 1.54) is 52.1 Å². The van der Waals surface area contributed by atoms with Crippen molar-refractivity contribution >= 4 is 5.91 Å². The molecule has 0 N–H and O–H groups in total. The van der Waals surface area contributed by atoms with Crippen molar-refractivity contribution in [1.82, 2.24) is 24.5 Å². The number of rotatable bonds is 0. The van der Waals surface area contributed by atoms with E-state index in [2.05, 4.69) is 89.0 Å². The Morgan fingerprint density at radius 2 is 0.882 bits per heavy atom. The fourth-order valence-corrected chi connectivity index (χ4v) is 4.20. The second-order valence-electron chi connectivity index (χ2n) is 12.7. The summed E-state index contributed by atoms with van der Waals surface area (Å²) in [5.74, 6) is 0.233. The first kappa shape index (κ1) is 33.3. The Hall–Kier alpha value is -0.690. The summed E-state index contributed by atoms with van der Waals surface area (Å²) < 4.78 is 0. The highest BCUT2D eigenvalue weighted by molar-refractivity contribution is 5.78. The van der Waals surface area contributed by atoms with Gasteiger partial charge >= 0.3 is 0 Å². The number of piperazine rings is 2. The van der Waals surface area contributed by atoms with E-state index in [4.69, 9.17) is 0 Å². The first-order chi connectivity index (χ1) is 15.5. The molecule has 3 heterocycles. The number of nitrogens with zero attached hydrogens (tertiary/aromatic N) is 5. The van der Waals surface area contributed by atoms with Crippen molar-refractivity contribution < 1.29 is 4.79 Å². The van der Waals surface area contributed by atoms with Gasteiger partial charge in [0.25, 0.3) is 0 Å². The number of carbonyl (C=O) groups is 1. The van der Waals surface area contributed by atoms with E-state index >= 15 is 0 Å². The summed E-state index contributed by atoms with van der Waals surface area (Å²) in [4.78, 5) is 22.8. The van der Waals surface area contributed by atoms with Gasteiger partial charge in [-0.1, -0.05) is 13.8 Å². The molecule has 0 spiro atoms. The molecule has 6 heteroatoms. The van der Waals surface area contributed by atoms with E-state index in [9.17, 15) is 4.79 Å². The van der Waals surface area contributed by atoms with Crippen molar-refractivity contribution in [3.05, 3.63) is 0 Å². The summed E-state index contributed by atoms with van der Waals surface area (Å²) >= 11 is 0. The van der Waals surface area contributed by atoms with Crippen LogP contribution < -0.4 is 0 Å². The molecule has 6 nitrogen and oxygen atoms in total. The molecule has 0 aromatic heterocycles. The van der Waals surface area contributed by atoms with Gasteiger partial charge in [0.05, 0.1) is 6.54 Å². The van der Waals surface area contributed by atoms with Crippen molar-refractivity contribution in [2.45, 2.75) is 106 Å². The van der Waals surface area contributed by atoms with Gasteiger partial charge in [0.15, 0.2) is 0 Å². The minimum Gasteiger partial charge on any atom is -0.343 e. The molecule has 0 aromatic carbocycles. The average molecular weight is 484 g/mol. The normalized spacial score (nSPS) is 21.7. The number of carbonyl (C=O) groups excluding carboxylic acids is 1. The maximum absolute atomic E-state index is 11.3. The quantitative estimate of drug-likeness (QED) is 0.507. The summed E-state index contributed by atoms with van der Waals surface area (Å²) in [7, 11) is 4.06. The number of likely N-dealkylation sites (tertiary alicyclic amines) is 1. The summed E-state index contributed by atoms with van der Waals surface area (Å²) in [6.45, 7) is 34.1. The first-order valence-corrected chi connectivity index (χ1v) is 13.7. The fraction of sp³-hybridized carbons (Fsp3) is 0.964. The van der Waals surface area contributed by atoms with Gasteiger partial charge < -0.3 is 9.80 Å². The lowest BCUT2D eigenvalue weighted by atomic mass is 10.1. The van der Waals surface area contributed by atoms with E-state index in [1.54, 1.807) is 4.90 Å². The molecule has 3 saturated heterocycles. The molecule has 3 rings (SSSR count). The van der Waals surface area contributed by atoms with Crippen molar-refractivity contribution in [2.24, 2.45) is 0 Å². The van der Waals surface area contributed by atoms with Gasteiger partial charge in [-0.3, -0.25) is 19.5 Å². The molecule has 204 valence electrons. The van der Waals surface area contributed by atoms with Gasteiger partial charge in [-0.2, -0.15) is 0 Å². The number of hydrogen-bond acceptors (Lipinski definition) is 5. The highest BCUT2D eigenvalue weighted by Gasteiger charge is 2.28. The van der Waals surface area contributed by atoms with Crippen LogP contribution in [0.4, 0.5) is 0 Å². The Bertz CT molecular complexity index is 545. The van der Waals surface area contributed by atoms with E-state index in [0.29, 0.717) is 17.6 Å². The summed E-state index contributed by atoms with van der Waals surface area (Å²) in [6.07, 6.45) is 2.80. The third kappa shape index (κ3) is 12.9. The number of hydrogen-bond donors (Lipinski definition) is 0. The van der Waals surface area contributed by atoms with Gasteiger partial charge in [-0.05, 0) is 95.3 Å². The lowest BCUT2D eigenvalue weighted by Gasteiger charge is -2.41. The molecule has 0 unspecified atom stereocenters. The summed E-state index contributed by atoms with van der Waals surface area (Å²) in [6, 6.07) is 0. The molecule has 0 radical (unpaired) electrons. The predicted octanol–water partition coefficient (Wildman–Crippen LogP) is 4.50. The second-order valence-corrected chi connectivity index (χ2v) is 12.7. The van der Waals surface area contributed by atoms with E-state index in [0.717, 1.165) is 13.1 Å². The molecular weight excluding hydrogens is 422 g/mol. The minimum absolute atomic E-state index is 0.122. The smallest absolute Gasteiger partial charge is 0.236 e. The molecule has 1 amide bonds. The van der Waals surface area contributed by atoms with Crippen LogP contribution in [-0.2, 0) is 4.79 Å². The van der Waals surface area contributed by atoms with Crippen LogP contribution in [0.3, 0.4) is 0 Å². The summed E-state index contributed by atoms with van der Waals surface area (Å²) in [5, 5.41) is 0. The molecule has 34 heavy (non-hydrogen) atoms. The van der Waals surface area contributed by atoms with Crippen molar-refractivity contribution in [1.29, 1.82) is 0 Å². The van der Waals surface area contributed by atoms with Crippen molar-refractivity contribution in [3.8, 4) is 0 Å². The van der Waals surface area contributed by atoms with E-state index < -0.39 is 0 Å². The van der Waals surface area contributed by atoms with Gasteiger partial charge in [0, 0.05) is 62.9 Å². The van der Waals surface area contributed by atoms with Crippen molar-refractivity contribution in [3.63, 3.8) is 0 Å². The van der Waals surface area contributed by atoms with Crippen LogP contribution >= 0.6 is 0 Å². The van der Waals surface area contributed by atoms with E-state index in [-0.39, 0.29) is 11.4 Å². The molecule has 0 bridgehead atoms. The van der Waals surface area contributed by atoms with Crippen LogP contribution in [-0.4, -0.2) is 120 Å². The summed E-state index contributed by atoms with van der Waals surface area (Å²) in [5.41, 5.74) is 0.898. The standard InChI is InChI=1S/C9H18N2O.C9H20N2.C8H17N.C2H6/c1-9(2,3)11-6-5-10(4)8(12)7-11;1-9(2,3)11-7-5-10(4)6-8-11;1-8(2,3)9-6-4-5-7-9;1-2/h5-7H2,1-4H3;5-8H2,1-4H3;4-7H2,1-3H3;1-2H3. The highest BCUT2D eigenvalue weighted by atomic mass is 16.2. The molecule has 3 aliphatic rings. The largest absolute Gasteiger partial charge is 0.343 e. The number of amides is 1. The van der Waals surface area contributed by atoms with E-state index in [1.807, 2.05) is 20.9 Å². The first-order valence-electron chi connectivity index (χ1n) is 13.7. The van der Waals surface area contributed by atoms with Gasteiger partial charge in [0.2, 0.25) is 5.91 Å². The van der Waals surface area contributed by atoms with Gasteiger partial charge in [0.1, 0.15) is 0 Å². The topological polar surface area (TPSA) is 33.3 Å². The van der Waals surface area contributed by atoms with Crippen LogP contribution in [0, 0.1) is 0 Å². The third-order valence-corrected chi connectivity index (χ3v) is 6.91. The zero-order chi connectivity index (χ0) is 26.7. The highest BCUT2D eigenvalue weighted by Crippen LogP contribution is 2.19. The molecule has 0 saturated carbocycles. The molecule has 0 atom stereocenters. The maximum Gasteiger partial charge on any atom is 0.236 e. The van der Waals surface area contributed by atoms with Gasteiger partial charge in [-0.15, -0.1) is 0 Å². The van der Waals surface area contributed by atoms with Crippen LogP contribution in [0.5, 0.6) is 0 Å². The van der Waals surface area contributed by atoms with Gasteiger partial charge in [-0.25, -0.2) is 0 Å². The monoisotopic (exact) mass is 483 g/mol. The molecular formula is C28H61N5O.